The first-order valence-electron chi connectivity index (χ1n) is 6.06. The minimum absolute atomic E-state index is 0.0285. The molecule has 0 fully saturated rings. The number of anilines is 1. The smallest absolute Gasteiger partial charge is 0.145 e. The van der Waals surface area contributed by atoms with Gasteiger partial charge in [-0.3, -0.25) is 0 Å². The van der Waals surface area contributed by atoms with Crippen molar-refractivity contribution in [2.24, 2.45) is 0 Å². The third kappa shape index (κ3) is 2.93. The van der Waals surface area contributed by atoms with Crippen molar-refractivity contribution >= 4 is 5.69 Å². The van der Waals surface area contributed by atoms with Gasteiger partial charge in [0.05, 0.1) is 12.8 Å². The Kier molecular flexibility index (Phi) is 3.47. The van der Waals surface area contributed by atoms with E-state index in [4.69, 9.17) is 10.5 Å². The maximum absolute atomic E-state index is 6.10. The number of rotatable bonds is 1. The van der Waals surface area contributed by atoms with E-state index in [1.54, 1.807) is 7.11 Å². The Balaban J connectivity index is 3.51. The zero-order chi connectivity index (χ0) is 13.4. The summed E-state index contributed by atoms with van der Waals surface area (Å²) < 4.78 is 5.45. The molecule has 0 saturated heterocycles. The molecule has 0 aliphatic heterocycles. The number of hydrogen-bond acceptors (Lipinski definition) is 2. The quantitative estimate of drug-likeness (QED) is 0.750. The fourth-order valence-electron chi connectivity index (χ4n) is 1.87. The van der Waals surface area contributed by atoms with E-state index >= 15 is 0 Å². The van der Waals surface area contributed by atoms with Crippen LogP contribution in [0, 0.1) is 0 Å². The lowest BCUT2D eigenvalue weighted by Crippen LogP contribution is -2.18. The van der Waals surface area contributed by atoms with Crippen LogP contribution in [0.2, 0.25) is 0 Å². The molecular formula is C15H25NO. The molecule has 0 aromatic heterocycles. The second-order valence-corrected chi connectivity index (χ2v) is 6.65. The number of benzene rings is 1. The SMILES string of the molecule is COc1c(N)cc(C(C)(C)C)cc1C(C)(C)C. The van der Waals surface area contributed by atoms with E-state index in [1.807, 2.05) is 6.07 Å². The summed E-state index contributed by atoms with van der Waals surface area (Å²) in [6, 6.07) is 4.24. The lowest BCUT2D eigenvalue weighted by molar-refractivity contribution is 0.399. The van der Waals surface area contributed by atoms with Crippen LogP contribution in [0.4, 0.5) is 5.69 Å². The molecule has 17 heavy (non-hydrogen) atoms. The fourth-order valence-corrected chi connectivity index (χ4v) is 1.87. The molecule has 0 aliphatic rings. The van der Waals surface area contributed by atoms with Gasteiger partial charge >= 0.3 is 0 Å². The van der Waals surface area contributed by atoms with E-state index in [-0.39, 0.29) is 10.8 Å². The second-order valence-electron chi connectivity index (χ2n) is 6.65. The molecule has 0 saturated carbocycles. The summed E-state index contributed by atoms with van der Waals surface area (Å²) in [6.45, 7) is 13.1. The van der Waals surface area contributed by atoms with Crippen LogP contribution in [0.1, 0.15) is 52.7 Å². The minimum atomic E-state index is 0.0285. The standard InChI is InChI=1S/C15H25NO/c1-14(2,3)10-8-11(15(4,5)6)13(17-7)12(16)9-10/h8-9H,16H2,1-7H3. The summed E-state index contributed by atoms with van der Waals surface area (Å²) in [5.74, 6) is 0.811. The van der Waals surface area contributed by atoms with E-state index in [1.165, 1.54) is 11.1 Å². The predicted octanol–water partition coefficient (Wildman–Crippen LogP) is 3.87. The third-order valence-corrected chi connectivity index (χ3v) is 3.00. The molecule has 2 heteroatoms. The highest BCUT2D eigenvalue weighted by Crippen LogP contribution is 2.39. The van der Waals surface area contributed by atoms with Crippen LogP contribution in [0.5, 0.6) is 5.75 Å². The minimum Gasteiger partial charge on any atom is -0.494 e. The molecule has 2 N–H and O–H groups in total. The van der Waals surface area contributed by atoms with Crippen molar-refractivity contribution in [1.82, 2.24) is 0 Å². The Morgan fingerprint density at radius 3 is 1.82 bits per heavy atom. The van der Waals surface area contributed by atoms with Crippen molar-refractivity contribution in [3.05, 3.63) is 23.3 Å². The van der Waals surface area contributed by atoms with Crippen molar-refractivity contribution in [1.29, 1.82) is 0 Å². The van der Waals surface area contributed by atoms with Gasteiger partial charge in [-0.05, 0) is 22.5 Å². The van der Waals surface area contributed by atoms with Crippen molar-refractivity contribution < 1.29 is 4.74 Å². The van der Waals surface area contributed by atoms with Gasteiger partial charge < -0.3 is 10.5 Å². The summed E-state index contributed by atoms with van der Waals surface area (Å²) in [6.07, 6.45) is 0. The van der Waals surface area contributed by atoms with Crippen LogP contribution in [-0.4, -0.2) is 7.11 Å². The topological polar surface area (TPSA) is 35.2 Å². The first kappa shape index (κ1) is 13.9. The lowest BCUT2D eigenvalue weighted by Gasteiger charge is -2.27. The lowest BCUT2D eigenvalue weighted by atomic mass is 9.80. The van der Waals surface area contributed by atoms with Gasteiger partial charge in [-0.1, -0.05) is 47.6 Å². The van der Waals surface area contributed by atoms with Crippen LogP contribution >= 0.6 is 0 Å². The molecular weight excluding hydrogens is 210 g/mol. The Bertz CT molecular complexity index is 408. The molecule has 1 aromatic rings. The fraction of sp³-hybridized carbons (Fsp3) is 0.600. The van der Waals surface area contributed by atoms with Crippen LogP contribution in [0.15, 0.2) is 12.1 Å². The normalized spacial score (nSPS) is 12.6. The highest BCUT2D eigenvalue weighted by atomic mass is 16.5. The summed E-state index contributed by atoms with van der Waals surface area (Å²) in [4.78, 5) is 0. The third-order valence-electron chi connectivity index (χ3n) is 3.00. The molecule has 0 bridgehead atoms. The van der Waals surface area contributed by atoms with Crippen LogP contribution < -0.4 is 10.5 Å². The first-order valence-corrected chi connectivity index (χ1v) is 6.06. The number of nitrogens with two attached hydrogens (primary N) is 1. The van der Waals surface area contributed by atoms with Crippen molar-refractivity contribution in [2.45, 2.75) is 52.4 Å². The Labute approximate surface area is 105 Å². The molecule has 0 spiro atoms. The number of ether oxygens (including phenoxy) is 1. The van der Waals surface area contributed by atoms with Gasteiger partial charge in [0.15, 0.2) is 0 Å². The summed E-state index contributed by atoms with van der Waals surface area (Å²) in [7, 11) is 1.68. The van der Waals surface area contributed by atoms with Gasteiger partial charge in [0.2, 0.25) is 0 Å². The monoisotopic (exact) mass is 235 g/mol. The molecule has 1 aromatic carbocycles. The van der Waals surface area contributed by atoms with E-state index in [9.17, 15) is 0 Å². The molecule has 0 heterocycles. The van der Waals surface area contributed by atoms with Gasteiger partial charge in [0.25, 0.3) is 0 Å². The van der Waals surface area contributed by atoms with E-state index in [0.717, 1.165) is 11.4 Å². The summed E-state index contributed by atoms with van der Waals surface area (Å²) >= 11 is 0. The second kappa shape index (κ2) is 4.25. The molecule has 0 aliphatic carbocycles. The van der Waals surface area contributed by atoms with E-state index in [0.29, 0.717) is 0 Å². The van der Waals surface area contributed by atoms with Crippen molar-refractivity contribution in [2.75, 3.05) is 12.8 Å². The summed E-state index contributed by atoms with van der Waals surface area (Å²) in [5, 5.41) is 0. The maximum atomic E-state index is 6.10. The highest BCUT2D eigenvalue weighted by Gasteiger charge is 2.24. The highest BCUT2D eigenvalue weighted by molar-refractivity contribution is 5.61. The Hall–Kier alpha value is -1.18. The average Bonchev–Trinajstić information content (AvgIpc) is 2.13. The molecule has 0 amide bonds. The van der Waals surface area contributed by atoms with Crippen molar-refractivity contribution in [3.8, 4) is 5.75 Å². The molecule has 1 rings (SSSR count). The van der Waals surface area contributed by atoms with Crippen LogP contribution in [-0.2, 0) is 10.8 Å². The van der Waals surface area contributed by atoms with Gasteiger partial charge in [-0.15, -0.1) is 0 Å². The molecule has 0 unspecified atom stereocenters. The molecule has 0 atom stereocenters. The predicted molar refractivity (Wildman–Crippen MR) is 74.8 cm³/mol. The molecule has 2 nitrogen and oxygen atoms in total. The maximum Gasteiger partial charge on any atom is 0.145 e. The van der Waals surface area contributed by atoms with Crippen molar-refractivity contribution in [3.63, 3.8) is 0 Å². The van der Waals surface area contributed by atoms with Gasteiger partial charge in [-0.25, -0.2) is 0 Å². The molecule has 0 radical (unpaired) electrons. The Morgan fingerprint density at radius 1 is 0.941 bits per heavy atom. The zero-order valence-corrected chi connectivity index (χ0v) is 12.1. The first-order chi connectivity index (χ1) is 7.57. The van der Waals surface area contributed by atoms with Gasteiger partial charge in [0, 0.05) is 5.56 Å². The van der Waals surface area contributed by atoms with Gasteiger partial charge in [-0.2, -0.15) is 0 Å². The van der Waals surface area contributed by atoms with E-state index in [2.05, 4.69) is 47.6 Å². The zero-order valence-electron chi connectivity index (χ0n) is 12.1. The Morgan fingerprint density at radius 2 is 1.47 bits per heavy atom. The number of nitrogen functional groups attached to an aromatic ring is 1. The van der Waals surface area contributed by atoms with Crippen LogP contribution in [0.25, 0.3) is 0 Å². The summed E-state index contributed by atoms with van der Waals surface area (Å²) in [5.41, 5.74) is 9.38. The number of hydrogen-bond donors (Lipinski definition) is 1. The average molecular weight is 235 g/mol. The van der Waals surface area contributed by atoms with Crippen LogP contribution in [0.3, 0.4) is 0 Å². The molecule has 96 valence electrons. The number of methoxy groups -OCH3 is 1. The van der Waals surface area contributed by atoms with Gasteiger partial charge in [0.1, 0.15) is 5.75 Å². The van der Waals surface area contributed by atoms with E-state index < -0.39 is 0 Å². The largest absolute Gasteiger partial charge is 0.494 e.